The molecule has 3 nitrogen and oxygen atoms in total. The molecular weight excluding hydrogens is 317 g/mol. The van der Waals surface area contributed by atoms with Crippen LogP contribution in [0.15, 0.2) is 18.2 Å². The summed E-state index contributed by atoms with van der Waals surface area (Å²) in [7, 11) is 1.62. The van der Waals surface area contributed by atoms with E-state index in [1.165, 1.54) is 0 Å². The molecule has 4 heteroatoms. The van der Waals surface area contributed by atoms with Crippen molar-refractivity contribution in [2.24, 2.45) is 0 Å². The van der Waals surface area contributed by atoms with Gasteiger partial charge in [-0.1, -0.05) is 0 Å². The Balaban J connectivity index is 2.27. The summed E-state index contributed by atoms with van der Waals surface area (Å²) < 4.78 is 6.13. The number of halogens is 1. The van der Waals surface area contributed by atoms with Crippen LogP contribution in [0.3, 0.4) is 0 Å². The summed E-state index contributed by atoms with van der Waals surface area (Å²) in [5.41, 5.74) is 0.752. The molecule has 1 aliphatic heterocycles. The number of methoxy groups -OCH3 is 1. The second-order valence-electron chi connectivity index (χ2n) is 3.85. The molecule has 0 atom stereocenters. The van der Waals surface area contributed by atoms with Crippen molar-refractivity contribution in [3.8, 4) is 5.75 Å². The van der Waals surface area contributed by atoms with Gasteiger partial charge in [0.15, 0.2) is 0 Å². The lowest BCUT2D eigenvalue weighted by atomic mass is 10.2. The molecule has 1 aromatic rings. The highest BCUT2D eigenvalue weighted by atomic mass is 127. The number of ether oxygens (including phenoxy) is 1. The first kappa shape index (κ1) is 11.7. The van der Waals surface area contributed by atoms with Gasteiger partial charge in [-0.3, -0.25) is 4.79 Å². The minimum Gasteiger partial charge on any atom is -0.497 e. The van der Waals surface area contributed by atoms with E-state index >= 15 is 0 Å². The van der Waals surface area contributed by atoms with Gasteiger partial charge in [0.1, 0.15) is 5.75 Å². The number of benzene rings is 1. The molecule has 1 fully saturated rings. The van der Waals surface area contributed by atoms with E-state index < -0.39 is 0 Å². The van der Waals surface area contributed by atoms with Crippen LogP contribution in [0, 0.1) is 3.57 Å². The van der Waals surface area contributed by atoms with Crippen LogP contribution in [0.1, 0.15) is 23.2 Å². The van der Waals surface area contributed by atoms with Crippen LogP contribution in [-0.4, -0.2) is 31.0 Å². The Morgan fingerprint density at radius 2 is 2.06 bits per heavy atom. The molecule has 1 aromatic carbocycles. The summed E-state index contributed by atoms with van der Waals surface area (Å²) in [6.07, 6.45) is 2.23. The number of hydrogen-bond donors (Lipinski definition) is 0. The fourth-order valence-electron chi connectivity index (χ4n) is 1.89. The molecule has 2 rings (SSSR count). The summed E-state index contributed by atoms with van der Waals surface area (Å²) in [5.74, 6) is 0.865. The molecule has 1 aliphatic rings. The van der Waals surface area contributed by atoms with Crippen molar-refractivity contribution in [1.82, 2.24) is 4.90 Å². The van der Waals surface area contributed by atoms with E-state index in [4.69, 9.17) is 4.74 Å². The fraction of sp³-hybridized carbons (Fsp3) is 0.417. The largest absolute Gasteiger partial charge is 0.497 e. The molecule has 1 amide bonds. The maximum Gasteiger partial charge on any atom is 0.255 e. The van der Waals surface area contributed by atoms with Gasteiger partial charge in [-0.05, 0) is 53.6 Å². The van der Waals surface area contributed by atoms with Gasteiger partial charge in [-0.2, -0.15) is 0 Å². The van der Waals surface area contributed by atoms with Crippen molar-refractivity contribution in [2.45, 2.75) is 12.8 Å². The second kappa shape index (κ2) is 5.03. The van der Waals surface area contributed by atoms with Gasteiger partial charge in [0, 0.05) is 16.7 Å². The molecule has 0 aromatic heterocycles. The van der Waals surface area contributed by atoms with Gasteiger partial charge in [-0.15, -0.1) is 0 Å². The predicted octanol–water partition coefficient (Wildman–Crippen LogP) is 2.54. The monoisotopic (exact) mass is 331 g/mol. The molecule has 0 saturated carbocycles. The van der Waals surface area contributed by atoms with Crippen molar-refractivity contribution in [3.63, 3.8) is 0 Å². The maximum absolute atomic E-state index is 12.2. The standard InChI is InChI=1S/C12H14INO2/c1-16-9-4-5-11(13)10(8-9)12(15)14-6-2-3-7-14/h4-5,8H,2-3,6-7H2,1H3. The number of nitrogens with zero attached hydrogens (tertiary/aromatic N) is 1. The highest BCUT2D eigenvalue weighted by Gasteiger charge is 2.21. The lowest BCUT2D eigenvalue weighted by molar-refractivity contribution is 0.0791. The van der Waals surface area contributed by atoms with Crippen molar-refractivity contribution in [2.75, 3.05) is 20.2 Å². The first-order valence-electron chi connectivity index (χ1n) is 5.35. The zero-order chi connectivity index (χ0) is 11.5. The number of rotatable bonds is 2. The van der Waals surface area contributed by atoms with E-state index in [0.717, 1.165) is 40.8 Å². The van der Waals surface area contributed by atoms with Crippen LogP contribution < -0.4 is 4.74 Å². The number of likely N-dealkylation sites (tertiary alicyclic amines) is 1. The maximum atomic E-state index is 12.2. The summed E-state index contributed by atoms with van der Waals surface area (Å²) in [5, 5.41) is 0. The molecule has 86 valence electrons. The van der Waals surface area contributed by atoms with E-state index in [1.807, 2.05) is 23.1 Å². The van der Waals surface area contributed by atoms with Gasteiger partial charge in [0.25, 0.3) is 5.91 Å². The molecule has 16 heavy (non-hydrogen) atoms. The minimum absolute atomic E-state index is 0.126. The van der Waals surface area contributed by atoms with Gasteiger partial charge in [0.2, 0.25) is 0 Å². The Labute approximate surface area is 109 Å². The Bertz CT molecular complexity index is 400. The third-order valence-corrected chi connectivity index (χ3v) is 3.74. The molecule has 0 radical (unpaired) electrons. The highest BCUT2D eigenvalue weighted by Crippen LogP contribution is 2.22. The third kappa shape index (κ3) is 2.31. The van der Waals surface area contributed by atoms with Gasteiger partial charge in [-0.25, -0.2) is 0 Å². The van der Waals surface area contributed by atoms with Crippen LogP contribution in [0.25, 0.3) is 0 Å². The SMILES string of the molecule is COc1ccc(I)c(C(=O)N2CCCC2)c1. The van der Waals surface area contributed by atoms with Crippen molar-refractivity contribution in [1.29, 1.82) is 0 Å². The average molecular weight is 331 g/mol. The zero-order valence-electron chi connectivity index (χ0n) is 9.20. The van der Waals surface area contributed by atoms with Crippen molar-refractivity contribution >= 4 is 28.5 Å². The van der Waals surface area contributed by atoms with Crippen molar-refractivity contribution < 1.29 is 9.53 Å². The van der Waals surface area contributed by atoms with E-state index in [0.29, 0.717) is 0 Å². The van der Waals surface area contributed by atoms with Crippen LogP contribution in [0.2, 0.25) is 0 Å². The summed E-state index contributed by atoms with van der Waals surface area (Å²) >= 11 is 2.19. The molecule has 1 saturated heterocycles. The van der Waals surface area contributed by atoms with Crippen LogP contribution in [0.5, 0.6) is 5.75 Å². The molecule has 0 bridgehead atoms. The average Bonchev–Trinajstić information content (AvgIpc) is 2.82. The Kier molecular flexibility index (Phi) is 3.68. The first-order chi connectivity index (χ1) is 7.72. The highest BCUT2D eigenvalue weighted by molar-refractivity contribution is 14.1. The number of hydrogen-bond acceptors (Lipinski definition) is 2. The minimum atomic E-state index is 0.126. The summed E-state index contributed by atoms with van der Waals surface area (Å²) in [6, 6.07) is 5.62. The Morgan fingerprint density at radius 1 is 1.38 bits per heavy atom. The summed E-state index contributed by atoms with van der Waals surface area (Å²) in [4.78, 5) is 14.1. The molecule has 0 aliphatic carbocycles. The molecule has 0 N–H and O–H groups in total. The summed E-state index contributed by atoms with van der Waals surface area (Å²) in [6.45, 7) is 1.76. The lowest BCUT2D eigenvalue weighted by Crippen LogP contribution is -2.28. The number of carbonyl (C=O) groups is 1. The fourth-order valence-corrected chi connectivity index (χ4v) is 2.45. The van der Waals surface area contributed by atoms with Gasteiger partial charge < -0.3 is 9.64 Å². The van der Waals surface area contributed by atoms with E-state index in [9.17, 15) is 4.79 Å². The van der Waals surface area contributed by atoms with Crippen molar-refractivity contribution in [3.05, 3.63) is 27.3 Å². The van der Waals surface area contributed by atoms with Crippen LogP contribution in [-0.2, 0) is 0 Å². The van der Waals surface area contributed by atoms with Crippen LogP contribution >= 0.6 is 22.6 Å². The second-order valence-corrected chi connectivity index (χ2v) is 5.01. The molecule has 1 heterocycles. The van der Waals surface area contributed by atoms with E-state index in [2.05, 4.69) is 22.6 Å². The van der Waals surface area contributed by atoms with Gasteiger partial charge in [0.05, 0.1) is 12.7 Å². The smallest absolute Gasteiger partial charge is 0.255 e. The van der Waals surface area contributed by atoms with E-state index in [1.54, 1.807) is 7.11 Å². The first-order valence-corrected chi connectivity index (χ1v) is 6.43. The molecule has 0 spiro atoms. The topological polar surface area (TPSA) is 29.5 Å². The van der Waals surface area contributed by atoms with Gasteiger partial charge >= 0.3 is 0 Å². The van der Waals surface area contributed by atoms with E-state index in [-0.39, 0.29) is 5.91 Å². The third-order valence-electron chi connectivity index (χ3n) is 2.80. The normalized spacial score (nSPS) is 15.2. The Hall–Kier alpha value is -0.780. The Morgan fingerprint density at radius 3 is 2.69 bits per heavy atom. The lowest BCUT2D eigenvalue weighted by Gasteiger charge is -2.16. The van der Waals surface area contributed by atoms with Crippen LogP contribution in [0.4, 0.5) is 0 Å². The molecular formula is C12H14INO2. The zero-order valence-corrected chi connectivity index (χ0v) is 11.4. The quantitative estimate of drug-likeness (QED) is 0.780. The number of carbonyl (C=O) groups excluding carboxylic acids is 1. The number of amides is 1. The molecule has 0 unspecified atom stereocenters. The predicted molar refractivity (Wildman–Crippen MR) is 70.8 cm³/mol.